The second-order valence-corrected chi connectivity index (χ2v) is 6.13. The van der Waals surface area contributed by atoms with E-state index in [0.717, 1.165) is 38.2 Å². The lowest BCUT2D eigenvalue weighted by atomic mass is 9.97. The normalized spacial score (nSPS) is 20.6. The summed E-state index contributed by atoms with van der Waals surface area (Å²) in [4.78, 5) is 2.45. The maximum Gasteiger partial charge on any atom is 0.124 e. The quantitative estimate of drug-likeness (QED) is 0.754. The molecule has 118 valence electrons. The Hall–Kier alpha value is -1.26. The Morgan fingerprint density at radius 2 is 2.19 bits per heavy atom. The van der Waals surface area contributed by atoms with Gasteiger partial charge < -0.3 is 15.5 Å². The van der Waals surface area contributed by atoms with Crippen LogP contribution < -0.4 is 5.32 Å². The minimum atomic E-state index is 0.113. The fourth-order valence-corrected chi connectivity index (χ4v) is 3.22. The van der Waals surface area contributed by atoms with Gasteiger partial charge in [0.05, 0.1) is 0 Å². The SMILES string of the molecule is CCCN(CC1CCCNC1)C(C)c1ccc(O)cc1O. The summed E-state index contributed by atoms with van der Waals surface area (Å²) in [5, 5.41) is 23.0. The van der Waals surface area contributed by atoms with Crippen LogP contribution in [0.3, 0.4) is 0 Å². The molecule has 1 saturated heterocycles. The van der Waals surface area contributed by atoms with Crippen LogP contribution in [-0.2, 0) is 0 Å². The Morgan fingerprint density at radius 3 is 2.81 bits per heavy atom. The summed E-state index contributed by atoms with van der Waals surface area (Å²) < 4.78 is 0. The van der Waals surface area contributed by atoms with Crippen molar-refractivity contribution < 1.29 is 10.2 Å². The largest absolute Gasteiger partial charge is 0.508 e. The molecule has 1 fully saturated rings. The van der Waals surface area contributed by atoms with Crippen molar-refractivity contribution in [3.63, 3.8) is 0 Å². The van der Waals surface area contributed by atoms with Crippen molar-refractivity contribution in [3.8, 4) is 11.5 Å². The Kier molecular flexibility index (Phi) is 5.88. The van der Waals surface area contributed by atoms with Crippen molar-refractivity contribution in [3.05, 3.63) is 23.8 Å². The fourth-order valence-electron chi connectivity index (χ4n) is 3.22. The molecule has 0 aliphatic carbocycles. The Bertz CT molecular complexity index is 444. The van der Waals surface area contributed by atoms with Gasteiger partial charge in [0, 0.05) is 24.2 Å². The Balaban J connectivity index is 2.08. The molecule has 1 aliphatic rings. The van der Waals surface area contributed by atoms with E-state index in [2.05, 4.69) is 24.1 Å². The number of hydrogen-bond acceptors (Lipinski definition) is 4. The standard InChI is InChI=1S/C17H28N2O2/c1-3-9-19(12-14-5-4-8-18-11-14)13(2)16-7-6-15(20)10-17(16)21/h6-7,10,13-14,18,20-21H,3-5,8-9,11-12H2,1-2H3. The average molecular weight is 292 g/mol. The second-order valence-electron chi connectivity index (χ2n) is 6.13. The van der Waals surface area contributed by atoms with Crippen molar-refractivity contribution in [1.29, 1.82) is 0 Å². The van der Waals surface area contributed by atoms with Crippen LogP contribution in [0.4, 0.5) is 0 Å². The van der Waals surface area contributed by atoms with E-state index in [-0.39, 0.29) is 17.5 Å². The van der Waals surface area contributed by atoms with Gasteiger partial charge in [-0.2, -0.15) is 0 Å². The number of nitrogens with zero attached hydrogens (tertiary/aromatic N) is 1. The van der Waals surface area contributed by atoms with Gasteiger partial charge in [-0.3, -0.25) is 4.90 Å². The van der Waals surface area contributed by atoms with E-state index in [1.807, 2.05) is 6.07 Å². The second kappa shape index (κ2) is 7.66. The van der Waals surface area contributed by atoms with Gasteiger partial charge in [0.1, 0.15) is 11.5 Å². The van der Waals surface area contributed by atoms with Crippen LogP contribution in [-0.4, -0.2) is 41.3 Å². The lowest BCUT2D eigenvalue weighted by Gasteiger charge is -2.34. The fraction of sp³-hybridized carbons (Fsp3) is 0.647. The molecule has 2 rings (SSSR count). The minimum absolute atomic E-state index is 0.113. The summed E-state index contributed by atoms with van der Waals surface area (Å²) in [6.45, 7) is 8.64. The summed E-state index contributed by atoms with van der Waals surface area (Å²) in [6, 6.07) is 5.07. The summed E-state index contributed by atoms with van der Waals surface area (Å²) in [6.07, 6.45) is 3.63. The van der Waals surface area contributed by atoms with Crippen molar-refractivity contribution in [2.75, 3.05) is 26.2 Å². The number of phenolic OH excluding ortho intramolecular Hbond substituents is 2. The first-order valence-corrected chi connectivity index (χ1v) is 8.08. The summed E-state index contributed by atoms with van der Waals surface area (Å²) in [7, 11) is 0. The molecule has 0 amide bonds. The predicted octanol–water partition coefficient (Wildman–Crippen LogP) is 2.87. The smallest absolute Gasteiger partial charge is 0.124 e. The number of rotatable bonds is 6. The highest BCUT2D eigenvalue weighted by Gasteiger charge is 2.22. The predicted molar refractivity (Wildman–Crippen MR) is 85.6 cm³/mol. The summed E-state index contributed by atoms with van der Waals surface area (Å²) in [5.74, 6) is 0.986. The van der Waals surface area contributed by atoms with Crippen LogP contribution in [0.1, 0.15) is 44.7 Å². The number of piperidine rings is 1. The number of phenols is 2. The molecule has 0 radical (unpaired) electrons. The van der Waals surface area contributed by atoms with E-state index in [1.165, 1.54) is 18.9 Å². The molecule has 0 saturated carbocycles. The first-order chi connectivity index (χ1) is 10.1. The summed E-state index contributed by atoms with van der Waals surface area (Å²) in [5.41, 5.74) is 0.894. The third-order valence-corrected chi connectivity index (χ3v) is 4.41. The van der Waals surface area contributed by atoms with E-state index in [0.29, 0.717) is 5.92 Å². The molecule has 1 aromatic rings. The number of benzene rings is 1. The summed E-state index contributed by atoms with van der Waals surface area (Å²) >= 11 is 0. The Labute approximate surface area is 127 Å². The van der Waals surface area contributed by atoms with Gasteiger partial charge in [0.25, 0.3) is 0 Å². The molecule has 2 atom stereocenters. The lowest BCUT2D eigenvalue weighted by Crippen LogP contribution is -2.39. The minimum Gasteiger partial charge on any atom is -0.508 e. The molecule has 0 bridgehead atoms. The topological polar surface area (TPSA) is 55.7 Å². The zero-order valence-electron chi connectivity index (χ0n) is 13.2. The monoisotopic (exact) mass is 292 g/mol. The number of hydrogen-bond donors (Lipinski definition) is 3. The molecule has 4 nitrogen and oxygen atoms in total. The maximum atomic E-state index is 10.1. The van der Waals surface area contributed by atoms with Crippen molar-refractivity contribution in [2.45, 2.75) is 39.2 Å². The zero-order valence-corrected chi connectivity index (χ0v) is 13.2. The van der Waals surface area contributed by atoms with Crippen LogP contribution in [0.2, 0.25) is 0 Å². The van der Waals surface area contributed by atoms with Gasteiger partial charge in [-0.05, 0) is 57.8 Å². The van der Waals surface area contributed by atoms with Gasteiger partial charge in [0.15, 0.2) is 0 Å². The van der Waals surface area contributed by atoms with Crippen LogP contribution in [0.5, 0.6) is 11.5 Å². The van der Waals surface area contributed by atoms with E-state index in [1.54, 1.807) is 6.07 Å². The molecule has 2 unspecified atom stereocenters. The Morgan fingerprint density at radius 1 is 1.38 bits per heavy atom. The molecular weight excluding hydrogens is 264 g/mol. The molecule has 1 aromatic carbocycles. The van der Waals surface area contributed by atoms with Gasteiger partial charge in [-0.25, -0.2) is 0 Å². The first-order valence-electron chi connectivity index (χ1n) is 8.08. The molecule has 0 aromatic heterocycles. The molecule has 0 spiro atoms. The lowest BCUT2D eigenvalue weighted by molar-refractivity contribution is 0.161. The van der Waals surface area contributed by atoms with Crippen LogP contribution in [0, 0.1) is 5.92 Å². The molecule has 4 heteroatoms. The highest BCUT2D eigenvalue weighted by Crippen LogP contribution is 2.32. The van der Waals surface area contributed by atoms with E-state index in [9.17, 15) is 10.2 Å². The van der Waals surface area contributed by atoms with Crippen LogP contribution >= 0.6 is 0 Å². The van der Waals surface area contributed by atoms with E-state index >= 15 is 0 Å². The molecular formula is C17H28N2O2. The van der Waals surface area contributed by atoms with Crippen LogP contribution in [0.15, 0.2) is 18.2 Å². The zero-order chi connectivity index (χ0) is 15.2. The van der Waals surface area contributed by atoms with Crippen molar-refractivity contribution in [2.24, 2.45) is 5.92 Å². The average Bonchev–Trinajstić information content (AvgIpc) is 2.47. The third-order valence-electron chi connectivity index (χ3n) is 4.41. The molecule has 1 aliphatic heterocycles. The van der Waals surface area contributed by atoms with Crippen LogP contribution in [0.25, 0.3) is 0 Å². The van der Waals surface area contributed by atoms with Crippen molar-refractivity contribution >= 4 is 0 Å². The third kappa shape index (κ3) is 4.35. The van der Waals surface area contributed by atoms with Gasteiger partial charge in [0.2, 0.25) is 0 Å². The maximum absolute atomic E-state index is 10.1. The van der Waals surface area contributed by atoms with Crippen molar-refractivity contribution in [1.82, 2.24) is 10.2 Å². The van der Waals surface area contributed by atoms with Gasteiger partial charge >= 0.3 is 0 Å². The highest BCUT2D eigenvalue weighted by molar-refractivity contribution is 5.40. The molecule has 3 N–H and O–H groups in total. The number of aromatic hydroxyl groups is 2. The first kappa shape index (κ1) is 16.1. The van der Waals surface area contributed by atoms with E-state index in [4.69, 9.17) is 0 Å². The van der Waals surface area contributed by atoms with Gasteiger partial charge in [-0.1, -0.05) is 13.0 Å². The number of nitrogens with one attached hydrogen (secondary N) is 1. The molecule has 21 heavy (non-hydrogen) atoms. The highest BCUT2D eigenvalue weighted by atomic mass is 16.3. The van der Waals surface area contributed by atoms with E-state index < -0.39 is 0 Å². The van der Waals surface area contributed by atoms with Gasteiger partial charge in [-0.15, -0.1) is 0 Å². The molecule has 1 heterocycles.